The van der Waals surface area contributed by atoms with Gasteiger partial charge < -0.3 is 9.64 Å². The van der Waals surface area contributed by atoms with Gasteiger partial charge in [0, 0.05) is 23.7 Å². The molecule has 0 spiro atoms. The van der Waals surface area contributed by atoms with Crippen molar-refractivity contribution in [2.45, 2.75) is 18.9 Å². The van der Waals surface area contributed by atoms with E-state index in [0.717, 1.165) is 12.1 Å². The van der Waals surface area contributed by atoms with Crippen molar-refractivity contribution in [1.29, 1.82) is 5.26 Å². The number of anilines is 1. The highest BCUT2D eigenvalue weighted by Gasteiger charge is 2.42. The van der Waals surface area contributed by atoms with E-state index in [9.17, 15) is 40.8 Å². The van der Waals surface area contributed by atoms with Crippen molar-refractivity contribution < 1.29 is 40.3 Å². The second-order valence-electron chi connectivity index (χ2n) is 7.65. The van der Waals surface area contributed by atoms with Crippen LogP contribution in [0.25, 0.3) is 0 Å². The van der Waals surface area contributed by atoms with Crippen molar-refractivity contribution in [3.63, 3.8) is 0 Å². The Morgan fingerprint density at radius 3 is 2.53 bits per heavy atom. The van der Waals surface area contributed by atoms with E-state index in [2.05, 4.69) is 9.72 Å². The molecule has 1 fully saturated rings. The number of nitrogens with zero attached hydrogens (tertiary/aromatic N) is 3. The molecule has 1 aliphatic heterocycles. The summed E-state index contributed by atoms with van der Waals surface area (Å²) in [6.45, 7) is 0.689. The minimum Gasteiger partial charge on any atom is -0.462 e. The molecule has 1 aliphatic rings. The first-order valence-corrected chi connectivity index (χ1v) is 12.2. The Labute approximate surface area is 207 Å². The van der Waals surface area contributed by atoms with Crippen LogP contribution in [0.5, 0.6) is 0 Å². The predicted octanol–water partition coefficient (Wildman–Crippen LogP) is 3.02. The molecule has 2 aromatic rings. The first kappa shape index (κ1) is 27.2. The summed E-state index contributed by atoms with van der Waals surface area (Å²) < 4.78 is 85.5. The molecule has 2 heterocycles. The summed E-state index contributed by atoms with van der Waals surface area (Å²) >= 11 is 5.62. The fourth-order valence-corrected chi connectivity index (χ4v) is 4.69. The van der Waals surface area contributed by atoms with Gasteiger partial charge in [-0.2, -0.15) is 18.4 Å². The highest BCUT2D eigenvalue weighted by atomic mass is 35.5. The van der Waals surface area contributed by atoms with Crippen molar-refractivity contribution >= 4 is 39.3 Å². The van der Waals surface area contributed by atoms with E-state index in [-0.39, 0.29) is 35.8 Å². The van der Waals surface area contributed by atoms with Crippen molar-refractivity contribution in [3.8, 4) is 6.07 Å². The van der Waals surface area contributed by atoms with Crippen LogP contribution in [-0.4, -0.2) is 45.0 Å². The van der Waals surface area contributed by atoms with Gasteiger partial charge >= 0.3 is 12.1 Å². The number of benzene rings is 1. The Kier molecular flexibility index (Phi) is 7.75. The topological polar surface area (TPSA) is 129 Å². The molecule has 0 saturated carbocycles. The van der Waals surface area contributed by atoms with Crippen LogP contribution in [0.15, 0.2) is 24.3 Å². The van der Waals surface area contributed by atoms with Crippen molar-refractivity contribution in [2.75, 3.05) is 24.6 Å². The Hall–Kier alpha value is -3.44. The zero-order valence-electron chi connectivity index (χ0n) is 18.4. The number of esters is 1. The van der Waals surface area contributed by atoms with E-state index in [0.29, 0.717) is 6.07 Å². The summed E-state index contributed by atoms with van der Waals surface area (Å²) in [5, 5.41) is 9.43. The second-order valence-corrected chi connectivity index (χ2v) is 9.81. The first-order chi connectivity index (χ1) is 16.8. The smallest absolute Gasteiger partial charge is 0.434 e. The first-order valence-electron chi connectivity index (χ1n) is 10.2. The van der Waals surface area contributed by atoms with Gasteiger partial charge in [-0.3, -0.25) is 9.52 Å². The Morgan fingerprint density at radius 1 is 1.31 bits per heavy atom. The lowest BCUT2D eigenvalue weighted by Crippen LogP contribution is -2.55. The van der Waals surface area contributed by atoms with Gasteiger partial charge in [0.05, 0.1) is 29.4 Å². The van der Waals surface area contributed by atoms with E-state index in [1.54, 1.807) is 10.8 Å². The zero-order chi connectivity index (χ0) is 26.8. The maximum atomic E-state index is 13.9. The number of carbonyl (C=O) groups is 2. The largest absolute Gasteiger partial charge is 0.462 e. The lowest BCUT2D eigenvalue weighted by atomic mass is 9.98. The van der Waals surface area contributed by atoms with E-state index < -0.39 is 62.6 Å². The van der Waals surface area contributed by atoms with Crippen LogP contribution in [0.1, 0.15) is 34.1 Å². The van der Waals surface area contributed by atoms with Gasteiger partial charge in [-0.1, -0.05) is 17.7 Å². The molecule has 0 aliphatic carbocycles. The number of nitriles is 1. The van der Waals surface area contributed by atoms with Crippen molar-refractivity contribution in [3.05, 3.63) is 57.5 Å². The SMILES string of the molecule is CCOC(=O)c1cc(C#N)c(N2CC(C(=O)NS(=O)(=O)Cc3ccc(Cl)cc3F)C2)nc1C(F)(F)F. The number of hydrogen-bond acceptors (Lipinski definition) is 8. The number of sulfonamides is 1. The van der Waals surface area contributed by atoms with Gasteiger partial charge in [0.25, 0.3) is 0 Å². The van der Waals surface area contributed by atoms with E-state index in [1.165, 1.54) is 17.9 Å². The minimum absolute atomic E-state index is 0.0570. The third-order valence-electron chi connectivity index (χ3n) is 5.06. The van der Waals surface area contributed by atoms with Gasteiger partial charge in [0.1, 0.15) is 17.7 Å². The number of rotatable bonds is 7. The molecule has 0 atom stereocenters. The average molecular weight is 549 g/mol. The van der Waals surface area contributed by atoms with Gasteiger partial charge in [-0.25, -0.2) is 22.6 Å². The Balaban J connectivity index is 1.75. The van der Waals surface area contributed by atoms with E-state index in [4.69, 9.17) is 11.6 Å². The number of pyridine rings is 1. The van der Waals surface area contributed by atoms with Crippen LogP contribution in [0, 0.1) is 23.1 Å². The number of amides is 1. The van der Waals surface area contributed by atoms with Crippen molar-refractivity contribution in [1.82, 2.24) is 9.71 Å². The van der Waals surface area contributed by atoms with E-state index in [1.807, 2.05) is 0 Å². The monoisotopic (exact) mass is 548 g/mol. The van der Waals surface area contributed by atoms with Crippen LogP contribution in [0.2, 0.25) is 5.02 Å². The van der Waals surface area contributed by atoms with Gasteiger partial charge in [-0.05, 0) is 25.1 Å². The summed E-state index contributed by atoms with van der Waals surface area (Å²) in [4.78, 5) is 29.0. The van der Waals surface area contributed by atoms with Crippen molar-refractivity contribution in [2.24, 2.45) is 5.92 Å². The molecule has 3 rings (SSSR count). The third-order valence-corrected chi connectivity index (χ3v) is 6.49. The second kappa shape index (κ2) is 10.3. The molecular weight excluding hydrogens is 532 g/mol. The van der Waals surface area contributed by atoms with Crippen LogP contribution in [0.3, 0.4) is 0 Å². The fourth-order valence-electron chi connectivity index (χ4n) is 3.34. The molecular formula is C21H17ClF4N4O5S. The molecule has 1 aromatic carbocycles. The number of ether oxygens (including phenoxy) is 1. The quantitative estimate of drug-likeness (QED) is 0.413. The van der Waals surface area contributed by atoms with Crippen LogP contribution in [0.4, 0.5) is 23.4 Å². The molecule has 0 bridgehead atoms. The van der Waals surface area contributed by atoms with Gasteiger partial charge in [-0.15, -0.1) is 0 Å². The highest BCUT2D eigenvalue weighted by molar-refractivity contribution is 7.89. The fraction of sp³-hybridized carbons (Fsp3) is 0.333. The summed E-state index contributed by atoms with van der Waals surface area (Å²) in [7, 11) is -4.30. The Bertz CT molecular complexity index is 1360. The van der Waals surface area contributed by atoms with Crippen LogP contribution >= 0.6 is 11.6 Å². The van der Waals surface area contributed by atoms with Gasteiger partial charge in [0.15, 0.2) is 5.69 Å². The molecule has 1 N–H and O–H groups in total. The Morgan fingerprint density at radius 2 is 1.97 bits per heavy atom. The maximum absolute atomic E-state index is 13.9. The van der Waals surface area contributed by atoms with Crippen LogP contribution in [-0.2, 0) is 31.5 Å². The summed E-state index contributed by atoms with van der Waals surface area (Å²) in [6.07, 6.45) is -5.04. The highest BCUT2D eigenvalue weighted by Crippen LogP contribution is 2.36. The van der Waals surface area contributed by atoms with E-state index >= 15 is 0 Å². The zero-order valence-corrected chi connectivity index (χ0v) is 20.0. The third kappa shape index (κ3) is 6.03. The summed E-state index contributed by atoms with van der Waals surface area (Å²) in [5.74, 6) is -5.38. The standard InChI is InChI=1S/C21H17ClF4N4O5S/c1-2-35-20(32)15-5-12(7-27)18(28-17(15)21(24,25)26)30-8-13(9-30)19(31)29-36(33,34)10-11-3-4-14(22)6-16(11)23/h3-6,13H,2,8-10H2,1H3,(H,29,31). The molecule has 0 radical (unpaired) electrons. The summed E-state index contributed by atoms with van der Waals surface area (Å²) in [6, 6.07) is 5.72. The number of carbonyl (C=O) groups excluding carboxylic acids is 2. The van der Waals surface area contributed by atoms with Gasteiger partial charge in [0.2, 0.25) is 15.9 Å². The molecule has 1 aromatic heterocycles. The number of aromatic nitrogens is 1. The maximum Gasteiger partial charge on any atom is 0.434 e. The molecule has 1 amide bonds. The molecule has 9 nitrogen and oxygen atoms in total. The lowest BCUT2D eigenvalue weighted by molar-refractivity contribution is -0.141. The molecule has 192 valence electrons. The average Bonchev–Trinajstić information content (AvgIpc) is 2.73. The number of nitrogens with one attached hydrogen (secondary N) is 1. The minimum atomic E-state index is -5.04. The van der Waals surface area contributed by atoms with Crippen LogP contribution < -0.4 is 9.62 Å². The normalized spacial score (nSPS) is 14.1. The summed E-state index contributed by atoms with van der Waals surface area (Å²) in [5.41, 5.74) is -3.08. The molecule has 36 heavy (non-hydrogen) atoms. The number of halogens is 5. The molecule has 15 heteroatoms. The number of alkyl halides is 3. The molecule has 1 saturated heterocycles. The molecule has 0 unspecified atom stereocenters. The predicted molar refractivity (Wildman–Crippen MR) is 118 cm³/mol. The lowest BCUT2D eigenvalue weighted by Gasteiger charge is -2.39. The number of hydrogen-bond donors (Lipinski definition) is 1.